The predicted octanol–water partition coefficient (Wildman–Crippen LogP) is 2.98. The second-order valence-corrected chi connectivity index (χ2v) is 7.51. The molecule has 1 heterocycles. The van der Waals surface area contributed by atoms with E-state index in [0.29, 0.717) is 6.42 Å². The SMILES string of the molecule is CCC(=O)OC1C(OC)C=C2C=C3C(=C(C)C(=O)N3C)CC2(C)C1C. The highest BCUT2D eigenvalue weighted by molar-refractivity contribution is 6.00. The van der Waals surface area contributed by atoms with Gasteiger partial charge in [0.15, 0.2) is 0 Å². The Bertz CT molecular complexity index is 717. The van der Waals surface area contributed by atoms with Crippen molar-refractivity contribution in [3.8, 4) is 0 Å². The molecule has 0 spiro atoms. The van der Waals surface area contributed by atoms with Crippen LogP contribution >= 0.6 is 0 Å². The van der Waals surface area contributed by atoms with Crippen LogP contribution < -0.4 is 0 Å². The van der Waals surface area contributed by atoms with Crippen LogP contribution in [0.3, 0.4) is 0 Å². The van der Waals surface area contributed by atoms with Gasteiger partial charge in [-0.25, -0.2) is 0 Å². The summed E-state index contributed by atoms with van der Waals surface area (Å²) in [5, 5.41) is 0. The molecule has 4 unspecified atom stereocenters. The van der Waals surface area contributed by atoms with Crippen LogP contribution in [0.25, 0.3) is 0 Å². The van der Waals surface area contributed by atoms with Crippen molar-refractivity contribution in [2.75, 3.05) is 14.2 Å². The number of allylic oxidation sites excluding steroid dienone is 3. The molecule has 5 heteroatoms. The zero-order valence-corrected chi connectivity index (χ0v) is 15.9. The van der Waals surface area contributed by atoms with Crippen molar-refractivity contribution in [2.45, 2.75) is 52.7 Å². The molecule has 0 aromatic carbocycles. The quantitative estimate of drug-likeness (QED) is 0.738. The number of nitrogens with zero attached hydrogens (tertiary/aromatic N) is 1. The van der Waals surface area contributed by atoms with E-state index in [9.17, 15) is 9.59 Å². The van der Waals surface area contributed by atoms with Crippen molar-refractivity contribution >= 4 is 11.9 Å². The van der Waals surface area contributed by atoms with Crippen LogP contribution in [-0.2, 0) is 19.1 Å². The number of ether oxygens (including phenoxy) is 2. The smallest absolute Gasteiger partial charge is 0.305 e. The van der Waals surface area contributed by atoms with E-state index in [-0.39, 0.29) is 35.4 Å². The summed E-state index contributed by atoms with van der Waals surface area (Å²) in [6.45, 7) is 8.00. The first kappa shape index (κ1) is 17.9. The minimum Gasteiger partial charge on any atom is -0.459 e. The average Bonchev–Trinajstić information content (AvgIpc) is 2.80. The third-order valence-corrected chi connectivity index (χ3v) is 6.24. The molecular weight excluding hydrogens is 318 g/mol. The molecule has 5 nitrogen and oxygen atoms in total. The number of hydrogen-bond donors (Lipinski definition) is 0. The van der Waals surface area contributed by atoms with E-state index in [2.05, 4.69) is 26.0 Å². The van der Waals surface area contributed by atoms with Gasteiger partial charge in [0.2, 0.25) is 0 Å². The Balaban J connectivity index is 2.07. The molecule has 2 aliphatic carbocycles. The fourth-order valence-corrected chi connectivity index (χ4v) is 4.26. The topological polar surface area (TPSA) is 55.8 Å². The number of hydrogen-bond acceptors (Lipinski definition) is 4. The van der Waals surface area contributed by atoms with Crippen molar-refractivity contribution in [1.29, 1.82) is 0 Å². The van der Waals surface area contributed by atoms with Crippen LogP contribution in [0.4, 0.5) is 0 Å². The maximum Gasteiger partial charge on any atom is 0.305 e. The number of methoxy groups -OCH3 is 1. The number of rotatable bonds is 3. The molecule has 136 valence electrons. The molecular formula is C20H27NO4. The van der Waals surface area contributed by atoms with Gasteiger partial charge in [0, 0.05) is 43.2 Å². The van der Waals surface area contributed by atoms with E-state index in [4.69, 9.17) is 9.47 Å². The first-order valence-corrected chi connectivity index (χ1v) is 8.89. The minimum atomic E-state index is -0.322. The van der Waals surface area contributed by atoms with E-state index in [1.54, 1.807) is 18.9 Å². The Hall–Kier alpha value is -1.88. The highest BCUT2D eigenvalue weighted by Gasteiger charge is 2.51. The summed E-state index contributed by atoms with van der Waals surface area (Å²) in [6.07, 6.45) is 4.68. The highest BCUT2D eigenvalue weighted by Crippen LogP contribution is 2.54. The molecule has 4 atom stereocenters. The average molecular weight is 345 g/mol. The first-order chi connectivity index (χ1) is 11.7. The van der Waals surface area contributed by atoms with Gasteiger partial charge in [0.25, 0.3) is 5.91 Å². The molecule has 0 saturated heterocycles. The van der Waals surface area contributed by atoms with Gasteiger partial charge in [-0.05, 0) is 36.6 Å². The van der Waals surface area contributed by atoms with Gasteiger partial charge >= 0.3 is 5.97 Å². The normalized spacial score (nSPS) is 34.4. The zero-order valence-electron chi connectivity index (χ0n) is 15.9. The van der Waals surface area contributed by atoms with Crippen molar-refractivity contribution in [3.05, 3.63) is 34.6 Å². The number of esters is 1. The summed E-state index contributed by atoms with van der Waals surface area (Å²) in [5.74, 6) is -0.0707. The zero-order chi connectivity index (χ0) is 18.5. The maximum atomic E-state index is 12.3. The Kier molecular flexibility index (Phi) is 4.40. The summed E-state index contributed by atoms with van der Waals surface area (Å²) in [4.78, 5) is 26.0. The van der Waals surface area contributed by atoms with Gasteiger partial charge in [-0.3, -0.25) is 9.59 Å². The van der Waals surface area contributed by atoms with E-state index in [1.165, 1.54) is 0 Å². The van der Waals surface area contributed by atoms with Gasteiger partial charge in [-0.2, -0.15) is 0 Å². The number of carbonyl (C=O) groups is 2. The number of likely N-dealkylation sites (N-methyl/N-ethyl adjacent to an activating group) is 1. The van der Waals surface area contributed by atoms with Crippen LogP contribution in [0.15, 0.2) is 34.6 Å². The number of amides is 1. The lowest BCUT2D eigenvalue weighted by Gasteiger charge is -2.48. The number of fused-ring (bicyclic) bond motifs is 2. The summed E-state index contributed by atoms with van der Waals surface area (Å²) < 4.78 is 11.3. The molecule has 0 fully saturated rings. The van der Waals surface area contributed by atoms with Crippen LogP contribution in [0.5, 0.6) is 0 Å². The lowest BCUT2D eigenvalue weighted by molar-refractivity contribution is -0.162. The molecule has 0 N–H and O–H groups in total. The molecule has 0 aromatic heterocycles. The van der Waals surface area contributed by atoms with E-state index >= 15 is 0 Å². The van der Waals surface area contributed by atoms with Gasteiger partial charge in [-0.15, -0.1) is 0 Å². The standard InChI is InChI=1S/C20H27NO4/c1-7-17(22)25-18-12(3)20(4)10-14-11(2)19(23)21(5)15(14)8-13(20)9-16(18)24-6/h8-9,12,16,18H,7,10H2,1-6H3. The predicted molar refractivity (Wildman–Crippen MR) is 94.5 cm³/mol. The van der Waals surface area contributed by atoms with E-state index < -0.39 is 0 Å². The third-order valence-electron chi connectivity index (χ3n) is 6.24. The van der Waals surface area contributed by atoms with Gasteiger partial charge in [-0.1, -0.05) is 20.8 Å². The fraction of sp³-hybridized carbons (Fsp3) is 0.600. The van der Waals surface area contributed by atoms with E-state index in [1.807, 2.05) is 14.0 Å². The molecule has 0 saturated carbocycles. The second-order valence-electron chi connectivity index (χ2n) is 7.51. The Labute approximate surface area is 149 Å². The maximum absolute atomic E-state index is 12.3. The Morgan fingerprint density at radius 3 is 2.72 bits per heavy atom. The molecule has 0 radical (unpaired) electrons. The molecule has 1 amide bonds. The Morgan fingerprint density at radius 2 is 2.12 bits per heavy atom. The lowest BCUT2D eigenvalue weighted by Crippen LogP contribution is -2.49. The van der Waals surface area contributed by atoms with Crippen molar-refractivity contribution in [1.82, 2.24) is 4.90 Å². The fourth-order valence-electron chi connectivity index (χ4n) is 4.26. The summed E-state index contributed by atoms with van der Waals surface area (Å²) in [6, 6.07) is 0. The van der Waals surface area contributed by atoms with Crippen LogP contribution in [0.1, 0.15) is 40.5 Å². The summed E-state index contributed by atoms with van der Waals surface area (Å²) in [7, 11) is 3.46. The second kappa shape index (κ2) is 6.13. The third kappa shape index (κ3) is 2.56. The molecule has 3 aliphatic rings. The van der Waals surface area contributed by atoms with E-state index in [0.717, 1.165) is 28.8 Å². The molecule has 3 rings (SSSR count). The molecule has 0 aromatic rings. The van der Waals surface area contributed by atoms with Crippen molar-refractivity contribution < 1.29 is 19.1 Å². The molecule has 0 bridgehead atoms. The summed E-state index contributed by atoms with van der Waals surface area (Å²) in [5.41, 5.74) is 3.87. The van der Waals surface area contributed by atoms with Crippen LogP contribution in [0, 0.1) is 11.3 Å². The largest absolute Gasteiger partial charge is 0.459 e. The monoisotopic (exact) mass is 345 g/mol. The Morgan fingerprint density at radius 1 is 1.44 bits per heavy atom. The van der Waals surface area contributed by atoms with Crippen molar-refractivity contribution in [2.24, 2.45) is 11.3 Å². The highest BCUT2D eigenvalue weighted by atomic mass is 16.6. The summed E-state index contributed by atoms with van der Waals surface area (Å²) >= 11 is 0. The van der Waals surface area contributed by atoms with Crippen LogP contribution in [-0.4, -0.2) is 43.1 Å². The van der Waals surface area contributed by atoms with Crippen LogP contribution in [0.2, 0.25) is 0 Å². The van der Waals surface area contributed by atoms with Gasteiger partial charge < -0.3 is 14.4 Å². The lowest BCUT2D eigenvalue weighted by atomic mass is 9.59. The van der Waals surface area contributed by atoms with Gasteiger partial charge in [0.1, 0.15) is 12.2 Å². The van der Waals surface area contributed by atoms with Crippen molar-refractivity contribution in [3.63, 3.8) is 0 Å². The number of carbonyl (C=O) groups excluding carboxylic acids is 2. The molecule has 1 aliphatic heterocycles. The van der Waals surface area contributed by atoms with Gasteiger partial charge in [0.05, 0.1) is 0 Å². The minimum absolute atomic E-state index is 0.0639. The first-order valence-electron chi connectivity index (χ1n) is 8.89. The molecule has 25 heavy (non-hydrogen) atoms.